The second-order valence-corrected chi connectivity index (χ2v) is 8.82. The number of aryl methyl sites for hydroxylation is 1. The molecule has 0 heterocycles. The zero-order chi connectivity index (χ0) is 21.0. The molecular weight excluding hydrogens is 390 g/mol. The van der Waals surface area contributed by atoms with Gasteiger partial charge in [-0.25, -0.2) is 8.42 Å². The van der Waals surface area contributed by atoms with Crippen LogP contribution in [0.3, 0.4) is 0 Å². The average molecular weight is 409 g/mol. The fraction of sp³-hybridized carbons (Fsp3) is 0.136. The highest BCUT2D eigenvalue weighted by Crippen LogP contribution is 2.33. The highest BCUT2D eigenvalue weighted by molar-refractivity contribution is 7.91. The van der Waals surface area contributed by atoms with Gasteiger partial charge in [-0.1, -0.05) is 60.2 Å². The molecule has 0 aliphatic carbocycles. The number of carbonyl (C=O) groups excluding carboxylic acids is 1. The molecule has 6 nitrogen and oxygen atoms in total. The first-order valence-corrected chi connectivity index (χ1v) is 10.5. The zero-order valence-electron chi connectivity index (χ0n) is 15.7. The molecule has 0 bridgehead atoms. The number of rotatable bonds is 7. The number of Topliss-reactive ketones (excluding diaryl/α,β-unsaturated/α-hetero) is 1. The topological polar surface area (TPSA) is 94.3 Å². The summed E-state index contributed by atoms with van der Waals surface area (Å²) < 4.78 is 26.7. The molecule has 0 saturated carbocycles. The van der Waals surface area contributed by atoms with Gasteiger partial charge in [0.05, 0.1) is 15.1 Å². The molecule has 3 aromatic carbocycles. The fourth-order valence-corrected chi connectivity index (χ4v) is 4.78. The molecule has 0 unspecified atom stereocenters. The van der Waals surface area contributed by atoms with Crippen molar-refractivity contribution in [2.24, 2.45) is 0 Å². The van der Waals surface area contributed by atoms with Crippen molar-refractivity contribution >= 4 is 21.3 Å². The lowest BCUT2D eigenvalue weighted by Crippen LogP contribution is -2.18. The second-order valence-electron chi connectivity index (χ2n) is 6.69. The quantitative estimate of drug-likeness (QED) is 0.320. The number of carbonyl (C=O) groups is 1. The fourth-order valence-electron chi connectivity index (χ4n) is 3.05. The molecule has 0 spiro atoms. The molecule has 0 N–H and O–H groups in total. The third-order valence-electron chi connectivity index (χ3n) is 4.65. The first kappa shape index (κ1) is 20.4. The number of nitro groups is 1. The van der Waals surface area contributed by atoms with Crippen molar-refractivity contribution in [1.29, 1.82) is 0 Å². The minimum absolute atomic E-state index is 0.110. The predicted molar refractivity (Wildman–Crippen MR) is 110 cm³/mol. The van der Waals surface area contributed by atoms with Crippen LogP contribution in [0.4, 0.5) is 5.69 Å². The van der Waals surface area contributed by atoms with Gasteiger partial charge >= 0.3 is 0 Å². The van der Waals surface area contributed by atoms with E-state index in [1.807, 2.05) is 6.92 Å². The molecule has 0 amide bonds. The van der Waals surface area contributed by atoms with Crippen LogP contribution in [-0.4, -0.2) is 19.1 Å². The van der Waals surface area contributed by atoms with Crippen LogP contribution in [0, 0.1) is 17.0 Å². The minimum Gasteiger partial charge on any atom is -0.294 e. The maximum absolute atomic E-state index is 13.3. The molecule has 3 rings (SSSR count). The summed E-state index contributed by atoms with van der Waals surface area (Å²) in [5.41, 5.74) is 1.31. The first-order valence-electron chi connectivity index (χ1n) is 8.92. The summed E-state index contributed by atoms with van der Waals surface area (Å²) in [6.07, 6.45) is -0.318. The van der Waals surface area contributed by atoms with Crippen molar-refractivity contribution < 1.29 is 18.1 Å². The smallest absolute Gasteiger partial charge is 0.270 e. The number of nitrogens with zero attached hydrogens (tertiary/aromatic N) is 1. The van der Waals surface area contributed by atoms with Gasteiger partial charge in [0.2, 0.25) is 0 Å². The summed E-state index contributed by atoms with van der Waals surface area (Å²) in [6.45, 7) is 1.86. The molecule has 0 aliphatic heterocycles. The molecule has 0 radical (unpaired) electrons. The van der Waals surface area contributed by atoms with Gasteiger partial charge in [0.15, 0.2) is 15.6 Å². The van der Waals surface area contributed by atoms with Gasteiger partial charge in [-0.3, -0.25) is 14.9 Å². The van der Waals surface area contributed by atoms with Crippen molar-refractivity contribution in [3.8, 4) is 0 Å². The Bertz CT molecular complexity index is 1140. The average Bonchev–Trinajstić information content (AvgIpc) is 2.72. The molecular formula is C22H19NO5S. The molecule has 148 valence electrons. The standard InChI is InChI=1S/C22H19NO5S/c1-16-10-12-20(13-11-16)29(27,28)22(17-6-3-2-4-7-17)15-21(24)18-8-5-9-19(14-18)23(25)26/h2-14,22H,15H2,1H3/t22-/m1/s1. The normalized spacial score (nSPS) is 12.3. The van der Waals surface area contributed by atoms with E-state index in [1.54, 1.807) is 42.5 Å². The lowest BCUT2D eigenvalue weighted by Gasteiger charge is -2.18. The third-order valence-corrected chi connectivity index (χ3v) is 6.76. The molecule has 1 atom stereocenters. The van der Waals surface area contributed by atoms with Crippen molar-refractivity contribution in [1.82, 2.24) is 0 Å². The van der Waals surface area contributed by atoms with Crippen LogP contribution in [0.5, 0.6) is 0 Å². The maximum Gasteiger partial charge on any atom is 0.270 e. The zero-order valence-corrected chi connectivity index (χ0v) is 16.5. The molecule has 7 heteroatoms. The Morgan fingerprint density at radius 3 is 2.24 bits per heavy atom. The van der Waals surface area contributed by atoms with Crippen molar-refractivity contribution in [3.05, 3.63) is 106 Å². The monoisotopic (exact) mass is 409 g/mol. The van der Waals surface area contributed by atoms with E-state index in [1.165, 1.54) is 36.4 Å². The van der Waals surface area contributed by atoms with E-state index in [4.69, 9.17) is 0 Å². The Balaban J connectivity index is 2.01. The predicted octanol–water partition coefficient (Wildman–Crippen LogP) is 4.69. The van der Waals surface area contributed by atoms with Gasteiger partial charge in [0.25, 0.3) is 5.69 Å². The molecule has 0 aliphatic rings. The van der Waals surface area contributed by atoms with Crippen molar-refractivity contribution in [3.63, 3.8) is 0 Å². The highest BCUT2D eigenvalue weighted by atomic mass is 32.2. The van der Waals surface area contributed by atoms with Gasteiger partial charge in [-0.2, -0.15) is 0 Å². The largest absolute Gasteiger partial charge is 0.294 e. The van der Waals surface area contributed by atoms with Crippen LogP contribution in [0.2, 0.25) is 0 Å². The number of benzene rings is 3. The van der Waals surface area contributed by atoms with E-state index in [0.717, 1.165) is 5.56 Å². The summed E-state index contributed by atoms with van der Waals surface area (Å²) in [7, 11) is -3.86. The van der Waals surface area contributed by atoms with Crippen LogP contribution >= 0.6 is 0 Å². The Labute approximate surface area is 168 Å². The molecule has 0 saturated heterocycles. The van der Waals surface area contributed by atoms with Crippen LogP contribution in [0.25, 0.3) is 0 Å². The lowest BCUT2D eigenvalue weighted by molar-refractivity contribution is -0.384. The Morgan fingerprint density at radius 2 is 1.62 bits per heavy atom. The molecule has 0 fully saturated rings. The van der Waals surface area contributed by atoms with Gasteiger partial charge in [-0.05, 0) is 24.6 Å². The lowest BCUT2D eigenvalue weighted by atomic mass is 10.0. The maximum atomic E-state index is 13.3. The summed E-state index contributed by atoms with van der Waals surface area (Å²) in [5.74, 6) is -0.474. The number of hydrogen-bond acceptors (Lipinski definition) is 5. The van der Waals surface area contributed by atoms with Crippen LogP contribution < -0.4 is 0 Å². The number of sulfone groups is 1. The molecule has 0 aromatic heterocycles. The van der Waals surface area contributed by atoms with Gasteiger partial charge in [0.1, 0.15) is 0 Å². The van der Waals surface area contributed by atoms with E-state index in [-0.39, 0.29) is 22.6 Å². The number of nitro benzene ring substituents is 1. The Hall–Kier alpha value is -3.32. The van der Waals surface area contributed by atoms with E-state index < -0.39 is 25.8 Å². The summed E-state index contributed by atoms with van der Waals surface area (Å²) in [6, 6.07) is 20.3. The van der Waals surface area contributed by atoms with Gasteiger partial charge in [-0.15, -0.1) is 0 Å². The first-order chi connectivity index (χ1) is 13.8. The van der Waals surface area contributed by atoms with Gasteiger partial charge in [0, 0.05) is 24.1 Å². The van der Waals surface area contributed by atoms with E-state index in [2.05, 4.69) is 0 Å². The number of hydrogen-bond donors (Lipinski definition) is 0. The van der Waals surface area contributed by atoms with Crippen LogP contribution in [-0.2, 0) is 9.84 Å². The van der Waals surface area contributed by atoms with E-state index in [0.29, 0.717) is 5.56 Å². The van der Waals surface area contributed by atoms with Crippen LogP contribution in [0.15, 0.2) is 83.8 Å². The SMILES string of the molecule is Cc1ccc(S(=O)(=O)[C@H](CC(=O)c2cccc([N+](=O)[O-])c2)c2ccccc2)cc1. The number of non-ortho nitro benzene ring substituents is 1. The summed E-state index contributed by atoms with van der Waals surface area (Å²) in [5, 5.41) is 9.89. The molecule has 29 heavy (non-hydrogen) atoms. The summed E-state index contributed by atoms with van der Waals surface area (Å²) in [4.78, 5) is 23.4. The third kappa shape index (κ3) is 4.57. The molecule has 3 aromatic rings. The Kier molecular flexibility index (Phi) is 5.89. The van der Waals surface area contributed by atoms with E-state index >= 15 is 0 Å². The number of ketones is 1. The Morgan fingerprint density at radius 1 is 0.966 bits per heavy atom. The minimum atomic E-state index is -3.86. The summed E-state index contributed by atoms with van der Waals surface area (Å²) >= 11 is 0. The van der Waals surface area contributed by atoms with Crippen molar-refractivity contribution in [2.75, 3.05) is 0 Å². The van der Waals surface area contributed by atoms with Crippen LogP contribution in [0.1, 0.15) is 33.2 Å². The van der Waals surface area contributed by atoms with Gasteiger partial charge < -0.3 is 0 Å². The highest BCUT2D eigenvalue weighted by Gasteiger charge is 2.31. The van der Waals surface area contributed by atoms with Crippen molar-refractivity contribution in [2.45, 2.75) is 23.5 Å². The second kappa shape index (κ2) is 8.36. The van der Waals surface area contributed by atoms with E-state index in [9.17, 15) is 23.3 Å².